The van der Waals surface area contributed by atoms with Crippen molar-refractivity contribution < 1.29 is 14.2 Å². The van der Waals surface area contributed by atoms with Crippen molar-refractivity contribution in [1.29, 1.82) is 0 Å². The van der Waals surface area contributed by atoms with Crippen molar-refractivity contribution in [2.24, 2.45) is 5.92 Å². The molecule has 1 aromatic rings. The normalized spacial score (nSPS) is 16.5. The van der Waals surface area contributed by atoms with Crippen molar-refractivity contribution >= 4 is 12.4 Å². The van der Waals surface area contributed by atoms with Gasteiger partial charge in [-0.05, 0) is 69.0 Å². The molecule has 0 spiro atoms. The largest absolute Gasteiger partial charge is 0.494 e. The van der Waals surface area contributed by atoms with E-state index in [4.69, 9.17) is 9.84 Å². The predicted octanol–water partition coefficient (Wildman–Crippen LogP) is 3.11. The number of benzene rings is 1. The zero-order valence-corrected chi connectivity index (χ0v) is 13.2. The maximum absolute atomic E-state index is 12.7. The van der Waals surface area contributed by atoms with Crippen molar-refractivity contribution in [2.45, 2.75) is 25.7 Å². The highest BCUT2D eigenvalue weighted by Crippen LogP contribution is 2.20. The van der Waals surface area contributed by atoms with E-state index < -0.39 is 0 Å². The Kier molecular flexibility index (Phi) is 8.66. The Bertz CT molecular complexity index is 380. The van der Waals surface area contributed by atoms with Crippen LogP contribution in [-0.4, -0.2) is 42.9 Å². The average Bonchev–Trinajstić information content (AvgIpc) is 2.47. The van der Waals surface area contributed by atoms with Gasteiger partial charge < -0.3 is 14.7 Å². The number of ether oxygens (including phenoxy) is 1. The highest BCUT2D eigenvalue weighted by atomic mass is 35.5. The summed E-state index contributed by atoms with van der Waals surface area (Å²) in [5, 5.41) is 8.93. The summed E-state index contributed by atoms with van der Waals surface area (Å²) in [4.78, 5) is 2.46. The van der Waals surface area contributed by atoms with Gasteiger partial charge in [0.1, 0.15) is 11.6 Å². The summed E-state index contributed by atoms with van der Waals surface area (Å²) in [5.74, 6) is 1.20. The molecule has 1 aliphatic heterocycles. The topological polar surface area (TPSA) is 32.7 Å². The van der Waals surface area contributed by atoms with Gasteiger partial charge in [-0.1, -0.05) is 0 Å². The zero-order valence-electron chi connectivity index (χ0n) is 12.3. The lowest BCUT2D eigenvalue weighted by Gasteiger charge is -2.31. The summed E-state index contributed by atoms with van der Waals surface area (Å²) in [6.07, 6.45) is 4.32. The molecule has 1 fully saturated rings. The van der Waals surface area contributed by atoms with Crippen molar-refractivity contribution in [3.8, 4) is 5.75 Å². The standard InChI is InChI=1S/C16H24FNO2.ClH/c17-15-2-4-16(5-3-15)20-13-1-9-18-10-6-14(7-11-18)8-12-19;/h2-5,14,19H,1,6-13H2;1H. The maximum atomic E-state index is 12.7. The number of hydrogen-bond acceptors (Lipinski definition) is 3. The fourth-order valence-corrected chi connectivity index (χ4v) is 2.69. The van der Waals surface area contributed by atoms with Gasteiger partial charge >= 0.3 is 0 Å². The lowest BCUT2D eigenvalue weighted by Crippen LogP contribution is -2.35. The Morgan fingerprint density at radius 1 is 1.19 bits per heavy atom. The Morgan fingerprint density at radius 3 is 2.48 bits per heavy atom. The number of halogens is 2. The van der Waals surface area contributed by atoms with Crippen LogP contribution in [0.4, 0.5) is 4.39 Å². The first-order valence-electron chi connectivity index (χ1n) is 7.49. The molecule has 5 heteroatoms. The van der Waals surface area contributed by atoms with Crippen LogP contribution in [0.3, 0.4) is 0 Å². The summed E-state index contributed by atoms with van der Waals surface area (Å²) in [6.45, 7) is 4.29. The van der Waals surface area contributed by atoms with Gasteiger partial charge in [-0.3, -0.25) is 0 Å². The number of rotatable bonds is 7. The van der Waals surface area contributed by atoms with E-state index in [1.54, 1.807) is 12.1 Å². The summed E-state index contributed by atoms with van der Waals surface area (Å²) >= 11 is 0. The van der Waals surface area contributed by atoms with Gasteiger partial charge in [0.15, 0.2) is 0 Å². The zero-order chi connectivity index (χ0) is 14.2. The van der Waals surface area contributed by atoms with Crippen LogP contribution in [0, 0.1) is 11.7 Å². The average molecular weight is 318 g/mol. The molecule has 1 aliphatic rings. The molecule has 0 atom stereocenters. The third-order valence-electron chi connectivity index (χ3n) is 3.95. The van der Waals surface area contributed by atoms with E-state index in [2.05, 4.69) is 4.90 Å². The van der Waals surface area contributed by atoms with Gasteiger partial charge in [0.25, 0.3) is 0 Å². The molecule has 0 radical (unpaired) electrons. The summed E-state index contributed by atoms with van der Waals surface area (Å²) in [5.41, 5.74) is 0. The number of likely N-dealkylation sites (tertiary alicyclic amines) is 1. The highest BCUT2D eigenvalue weighted by Gasteiger charge is 2.17. The van der Waals surface area contributed by atoms with Gasteiger partial charge in [0.2, 0.25) is 0 Å². The van der Waals surface area contributed by atoms with Crippen molar-refractivity contribution in [1.82, 2.24) is 4.90 Å². The maximum Gasteiger partial charge on any atom is 0.123 e. The molecule has 1 N–H and O–H groups in total. The molecule has 0 bridgehead atoms. The number of piperidine rings is 1. The molecule has 21 heavy (non-hydrogen) atoms. The number of nitrogens with zero attached hydrogens (tertiary/aromatic N) is 1. The molecule has 1 saturated heterocycles. The fourth-order valence-electron chi connectivity index (χ4n) is 2.69. The second-order valence-electron chi connectivity index (χ2n) is 5.45. The minimum Gasteiger partial charge on any atom is -0.494 e. The molecule has 3 nitrogen and oxygen atoms in total. The molecule has 120 valence electrons. The Labute approximate surface area is 132 Å². The molecule has 0 unspecified atom stereocenters. The quantitative estimate of drug-likeness (QED) is 0.784. The molecule has 2 rings (SSSR count). The number of aliphatic hydroxyl groups excluding tert-OH is 1. The SMILES string of the molecule is Cl.OCCC1CCN(CCCOc2ccc(F)cc2)CC1. The Hall–Kier alpha value is -0.840. The van der Waals surface area contributed by atoms with Gasteiger partial charge in [0, 0.05) is 13.2 Å². The molecule has 0 saturated carbocycles. The molecule has 0 aromatic heterocycles. The van der Waals surface area contributed by atoms with Gasteiger partial charge in [-0.15, -0.1) is 12.4 Å². The van der Waals surface area contributed by atoms with Crippen LogP contribution >= 0.6 is 12.4 Å². The lowest BCUT2D eigenvalue weighted by molar-refractivity contribution is 0.150. The third kappa shape index (κ3) is 6.64. The second kappa shape index (κ2) is 9.98. The molecule has 0 aliphatic carbocycles. The highest BCUT2D eigenvalue weighted by molar-refractivity contribution is 5.85. The molecular weight excluding hydrogens is 293 g/mol. The summed E-state index contributed by atoms with van der Waals surface area (Å²) in [6, 6.07) is 6.16. The van der Waals surface area contributed by atoms with E-state index in [1.807, 2.05) is 0 Å². The van der Waals surface area contributed by atoms with Gasteiger partial charge in [-0.2, -0.15) is 0 Å². The van der Waals surface area contributed by atoms with Crippen LogP contribution in [0.5, 0.6) is 5.75 Å². The summed E-state index contributed by atoms with van der Waals surface area (Å²) < 4.78 is 18.3. The van der Waals surface area contributed by atoms with Crippen molar-refractivity contribution in [3.05, 3.63) is 30.1 Å². The molecular formula is C16H25ClFNO2. The first-order valence-corrected chi connectivity index (χ1v) is 7.49. The smallest absolute Gasteiger partial charge is 0.123 e. The van der Waals surface area contributed by atoms with E-state index in [0.717, 1.165) is 38.2 Å². The number of hydrogen-bond donors (Lipinski definition) is 1. The second-order valence-corrected chi connectivity index (χ2v) is 5.45. The minimum atomic E-state index is -0.233. The van der Waals surface area contributed by atoms with E-state index in [9.17, 15) is 4.39 Å². The van der Waals surface area contributed by atoms with E-state index in [0.29, 0.717) is 19.1 Å². The van der Waals surface area contributed by atoms with Crippen LogP contribution in [0.15, 0.2) is 24.3 Å². The van der Waals surface area contributed by atoms with Gasteiger partial charge in [-0.25, -0.2) is 4.39 Å². The molecule has 0 amide bonds. The van der Waals surface area contributed by atoms with Crippen LogP contribution in [0.1, 0.15) is 25.7 Å². The van der Waals surface area contributed by atoms with Crippen LogP contribution in [0.2, 0.25) is 0 Å². The third-order valence-corrected chi connectivity index (χ3v) is 3.95. The Balaban J connectivity index is 0.00000220. The number of aliphatic hydroxyl groups is 1. The Morgan fingerprint density at radius 2 is 1.86 bits per heavy atom. The first-order chi connectivity index (χ1) is 9.78. The fraction of sp³-hybridized carbons (Fsp3) is 0.625. The van der Waals surface area contributed by atoms with Gasteiger partial charge in [0.05, 0.1) is 6.61 Å². The van der Waals surface area contributed by atoms with E-state index in [1.165, 1.54) is 25.0 Å². The summed E-state index contributed by atoms with van der Waals surface area (Å²) in [7, 11) is 0. The van der Waals surface area contributed by atoms with E-state index in [-0.39, 0.29) is 18.2 Å². The van der Waals surface area contributed by atoms with Crippen LogP contribution in [-0.2, 0) is 0 Å². The lowest BCUT2D eigenvalue weighted by atomic mass is 9.94. The van der Waals surface area contributed by atoms with Crippen LogP contribution < -0.4 is 4.74 Å². The molecule has 1 aromatic carbocycles. The van der Waals surface area contributed by atoms with E-state index >= 15 is 0 Å². The van der Waals surface area contributed by atoms with Crippen molar-refractivity contribution in [2.75, 3.05) is 32.8 Å². The molecule has 1 heterocycles. The first kappa shape index (κ1) is 18.2. The van der Waals surface area contributed by atoms with Crippen LogP contribution in [0.25, 0.3) is 0 Å². The predicted molar refractivity (Wildman–Crippen MR) is 84.6 cm³/mol. The van der Waals surface area contributed by atoms with Crippen molar-refractivity contribution in [3.63, 3.8) is 0 Å². The monoisotopic (exact) mass is 317 g/mol. The minimum absolute atomic E-state index is 0.